The maximum atomic E-state index is 11.2. The molecule has 0 atom stereocenters. The van der Waals surface area contributed by atoms with Crippen LogP contribution in [0.15, 0.2) is 12.3 Å². The van der Waals surface area contributed by atoms with Gasteiger partial charge in [0.05, 0.1) is 4.92 Å². The Morgan fingerprint density at radius 3 is 2.61 bits per heavy atom. The van der Waals surface area contributed by atoms with Crippen LogP contribution in [0.4, 0.5) is 11.5 Å². The lowest BCUT2D eigenvalue weighted by molar-refractivity contribution is -0.385. The Bertz CT molecular complexity index is 473. The molecule has 1 heterocycles. The third-order valence-corrected chi connectivity index (χ3v) is 2.53. The highest BCUT2D eigenvalue weighted by molar-refractivity contribution is 5.94. The largest absolute Gasteiger partial charge is 0.478 e. The zero-order valence-corrected chi connectivity index (χ0v) is 10.5. The Balaban J connectivity index is 3.35. The van der Waals surface area contributed by atoms with Crippen molar-refractivity contribution in [2.24, 2.45) is 0 Å². The van der Waals surface area contributed by atoms with E-state index < -0.39 is 10.9 Å². The fourth-order valence-corrected chi connectivity index (χ4v) is 1.69. The summed E-state index contributed by atoms with van der Waals surface area (Å²) >= 11 is 0. The molecule has 1 aromatic rings. The molecule has 7 heteroatoms. The van der Waals surface area contributed by atoms with E-state index in [1.54, 1.807) is 4.90 Å². The van der Waals surface area contributed by atoms with Crippen LogP contribution in [-0.4, -0.2) is 33.6 Å². The predicted molar refractivity (Wildman–Crippen MR) is 66.0 cm³/mol. The number of aromatic nitrogens is 1. The van der Waals surface area contributed by atoms with E-state index in [1.165, 1.54) is 0 Å². The molecule has 0 aromatic carbocycles. The molecule has 0 aliphatic carbocycles. The summed E-state index contributed by atoms with van der Waals surface area (Å²) in [6.45, 7) is 6.24. The first-order valence-corrected chi connectivity index (χ1v) is 5.52. The van der Waals surface area contributed by atoms with Crippen LogP contribution in [0, 0.1) is 10.1 Å². The lowest BCUT2D eigenvalue weighted by Gasteiger charge is -2.27. The molecule has 0 aliphatic heterocycles. The quantitative estimate of drug-likeness (QED) is 0.636. The fourth-order valence-electron chi connectivity index (χ4n) is 1.69. The van der Waals surface area contributed by atoms with E-state index in [9.17, 15) is 14.9 Å². The summed E-state index contributed by atoms with van der Waals surface area (Å²) in [5.41, 5.74) is -0.476. The van der Waals surface area contributed by atoms with Gasteiger partial charge in [-0.3, -0.25) is 10.1 Å². The summed E-state index contributed by atoms with van der Waals surface area (Å²) < 4.78 is 0. The van der Waals surface area contributed by atoms with Crippen LogP contribution in [0.2, 0.25) is 0 Å². The van der Waals surface area contributed by atoms with Gasteiger partial charge in [-0.15, -0.1) is 0 Å². The van der Waals surface area contributed by atoms with Crippen molar-refractivity contribution in [2.75, 3.05) is 11.4 Å². The summed E-state index contributed by atoms with van der Waals surface area (Å²) in [4.78, 5) is 26.8. The van der Waals surface area contributed by atoms with Gasteiger partial charge in [0.15, 0.2) is 0 Å². The van der Waals surface area contributed by atoms with Crippen LogP contribution in [0.3, 0.4) is 0 Å². The van der Waals surface area contributed by atoms with E-state index in [0.29, 0.717) is 6.54 Å². The van der Waals surface area contributed by atoms with E-state index in [0.717, 1.165) is 12.3 Å². The molecule has 18 heavy (non-hydrogen) atoms. The van der Waals surface area contributed by atoms with Crippen molar-refractivity contribution in [2.45, 2.75) is 26.8 Å². The maximum absolute atomic E-state index is 11.2. The van der Waals surface area contributed by atoms with Crippen LogP contribution >= 0.6 is 0 Å². The van der Waals surface area contributed by atoms with Crippen molar-refractivity contribution < 1.29 is 14.8 Å². The number of carboxylic acid groups (broad SMARTS) is 1. The van der Waals surface area contributed by atoms with Gasteiger partial charge in [0.1, 0.15) is 17.6 Å². The SMILES string of the molecule is CCN(c1ncc([N+](=O)[O-])cc1C(=O)O)C(C)C. The molecule has 1 N–H and O–H groups in total. The number of nitrogens with zero attached hydrogens (tertiary/aromatic N) is 3. The van der Waals surface area contributed by atoms with Crippen molar-refractivity contribution in [3.8, 4) is 0 Å². The Morgan fingerprint density at radius 2 is 2.22 bits per heavy atom. The highest BCUT2D eigenvalue weighted by Gasteiger charge is 2.22. The molecule has 0 saturated carbocycles. The lowest BCUT2D eigenvalue weighted by Crippen LogP contribution is -2.32. The Kier molecular flexibility index (Phi) is 4.19. The Morgan fingerprint density at radius 1 is 1.61 bits per heavy atom. The summed E-state index contributed by atoms with van der Waals surface area (Å²) in [5.74, 6) is -0.967. The van der Waals surface area contributed by atoms with Crippen LogP contribution in [0.25, 0.3) is 0 Å². The molecule has 0 radical (unpaired) electrons. The van der Waals surface area contributed by atoms with Crippen molar-refractivity contribution in [1.29, 1.82) is 0 Å². The molecular formula is C11H15N3O4. The molecular weight excluding hydrogens is 238 g/mol. The van der Waals surface area contributed by atoms with Gasteiger partial charge in [-0.25, -0.2) is 9.78 Å². The summed E-state index contributed by atoms with van der Waals surface area (Å²) in [6.07, 6.45) is 1.08. The minimum absolute atomic E-state index is 0.0575. The van der Waals surface area contributed by atoms with Crippen molar-refractivity contribution in [3.63, 3.8) is 0 Å². The van der Waals surface area contributed by atoms with Crippen LogP contribution in [0.1, 0.15) is 31.1 Å². The number of anilines is 1. The number of hydrogen-bond acceptors (Lipinski definition) is 5. The van der Waals surface area contributed by atoms with E-state index in [1.807, 2.05) is 20.8 Å². The van der Waals surface area contributed by atoms with E-state index >= 15 is 0 Å². The second kappa shape index (κ2) is 5.44. The lowest BCUT2D eigenvalue weighted by atomic mass is 10.2. The monoisotopic (exact) mass is 253 g/mol. The van der Waals surface area contributed by atoms with E-state index in [2.05, 4.69) is 4.98 Å². The molecule has 7 nitrogen and oxygen atoms in total. The summed E-state index contributed by atoms with van der Waals surface area (Å²) in [5, 5.41) is 19.7. The Labute approximate surface area is 104 Å². The molecule has 0 amide bonds. The maximum Gasteiger partial charge on any atom is 0.339 e. The van der Waals surface area contributed by atoms with Crippen LogP contribution < -0.4 is 4.90 Å². The zero-order chi connectivity index (χ0) is 13.9. The molecule has 98 valence electrons. The number of hydrogen-bond donors (Lipinski definition) is 1. The minimum atomic E-state index is -1.22. The van der Waals surface area contributed by atoms with Gasteiger partial charge >= 0.3 is 5.97 Å². The van der Waals surface area contributed by atoms with Gasteiger partial charge in [0, 0.05) is 18.7 Å². The number of carboxylic acids is 1. The topological polar surface area (TPSA) is 96.6 Å². The van der Waals surface area contributed by atoms with Crippen molar-refractivity contribution in [3.05, 3.63) is 27.9 Å². The average molecular weight is 253 g/mol. The first-order chi connectivity index (χ1) is 8.38. The van der Waals surface area contributed by atoms with Gasteiger partial charge in [0.2, 0.25) is 0 Å². The number of nitro groups is 1. The van der Waals surface area contributed by atoms with Crippen molar-refractivity contribution in [1.82, 2.24) is 4.98 Å². The van der Waals surface area contributed by atoms with Crippen LogP contribution in [-0.2, 0) is 0 Å². The highest BCUT2D eigenvalue weighted by atomic mass is 16.6. The third kappa shape index (κ3) is 2.73. The van der Waals surface area contributed by atoms with Gasteiger partial charge in [0.25, 0.3) is 5.69 Å². The Hall–Kier alpha value is -2.18. The van der Waals surface area contributed by atoms with Crippen molar-refractivity contribution >= 4 is 17.5 Å². The minimum Gasteiger partial charge on any atom is -0.478 e. The molecule has 0 aliphatic rings. The van der Waals surface area contributed by atoms with Gasteiger partial charge in [-0.2, -0.15) is 0 Å². The molecule has 1 rings (SSSR count). The second-order valence-electron chi connectivity index (χ2n) is 4.01. The fraction of sp³-hybridized carbons (Fsp3) is 0.455. The number of rotatable bonds is 5. The molecule has 0 fully saturated rings. The standard InChI is InChI=1S/C11H15N3O4/c1-4-13(7(2)3)10-9(11(15)16)5-8(6-12-10)14(17)18/h5-7H,4H2,1-3H3,(H,15,16). The third-order valence-electron chi connectivity index (χ3n) is 2.53. The number of carbonyl (C=O) groups is 1. The van der Waals surface area contributed by atoms with Crippen LogP contribution in [0.5, 0.6) is 0 Å². The zero-order valence-electron chi connectivity index (χ0n) is 10.5. The number of aromatic carboxylic acids is 1. The van der Waals surface area contributed by atoms with Gasteiger partial charge in [-0.05, 0) is 20.8 Å². The average Bonchev–Trinajstić information content (AvgIpc) is 2.29. The summed E-state index contributed by atoms with van der Waals surface area (Å²) in [6, 6.07) is 1.09. The number of pyridine rings is 1. The molecule has 1 aromatic heterocycles. The molecule has 0 unspecified atom stereocenters. The normalized spacial score (nSPS) is 10.4. The molecule has 0 saturated heterocycles. The smallest absolute Gasteiger partial charge is 0.339 e. The second-order valence-corrected chi connectivity index (χ2v) is 4.01. The molecule has 0 bridgehead atoms. The first-order valence-electron chi connectivity index (χ1n) is 5.52. The molecule has 0 spiro atoms. The van der Waals surface area contributed by atoms with E-state index in [4.69, 9.17) is 5.11 Å². The summed E-state index contributed by atoms with van der Waals surface area (Å²) in [7, 11) is 0. The van der Waals surface area contributed by atoms with Gasteiger partial charge < -0.3 is 10.0 Å². The first kappa shape index (κ1) is 13.9. The predicted octanol–water partition coefficient (Wildman–Crippen LogP) is 1.92. The van der Waals surface area contributed by atoms with E-state index in [-0.39, 0.29) is 23.1 Å². The van der Waals surface area contributed by atoms with Gasteiger partial charge in [-0.1, -0.05) is 0 Å². The highest BCUT2D eigenvalue weighted by Crippen LogP contribution is 2.23.